The number of fused-ring (bicyclic) bond motifs is 1. The first-order valence-electron chi connectivity index (χ1n) is 6.02. The Hall–Kier alpha value is -1.81. The Labute approximate surface area is 130 Å². The van der Waals surface area contributed by atoms with E-state index in [0.29, 0.717) is 27.3 Å². The summed E-state index contributed by atoms with van der Waals surface area (Å²) in [5.41, 5.74) is 1.56. The number of hydrogen-bond acceptors (Lipinski definition) is 6. The van der Waals surface area contributed by atoms with E-state index in [1.807, 2.05) is 0 Å². The number of aromatic amines is 1. The van der Waals surface area contributed by atoms with Crippen LogP contribution in [-0.2, 0) is 11.9 Å². The maximum atomic E-state index is 12.4. The summed E-state index contributed by atoms with van der Waals surface area (Å²) in [5, 5.41) is 6.67. The van der Waals surface area contributed by atoms with Crippen molar-refractivity contribution in [2.75, 3.05) is 7.11 Å². The molecule has 1 N–H and O–H groups in total. The molecule has 0 aliphatic heterocycles. The standard InChI is InChI=1S/C12H9F3N4OS2/c1-20-6-2-3-7-8(4-6)17-11(16-7)21-5-9-18-19-10(22-9)12(13,14)15/h2-4H,5H2,1H3,(H,16,17). The van der Waals surface area contributed by atoms with E-state index in [2.05, 4.69) is 20.2 Å². The Morgan fingerprint density at radius 3 is 2.82 bits per heavy atom. The Morgan fingerprint density at radius 1 is 1.32 bits per heavy atom. The summed E-state index contributed by atoms with van der Waals surface area (Å²) in [6.45, 7) is 0. The van der Waals surface area contributed by atoms with Crippen LogP contribution in [0, 0.1) is 0 Å². The van der Waals surface area contributed by atoms with Crippen LogP contribution in [0.2, 0.25) is 0 Å². The Kier molecular flexibility index (Phi) is 3.96. The third-order valence-electron chi connectivity index (χ3n) is 2.71. The van der Waals surface area contributed by atoms with Gasteiger partial charge in [0.15, 0.2) is 5.16 Å². The number of thioether (sulfide) groups is 1. The summed E-state index contributed by atoms with van der Waals surface area (Å²) in [6, 6.07) is 5.40. The second-order valence-electron chi connectivity index (χ2n) is 4.21. The SMILES string of the molecule is COc1ccc2nc(SCc3nnc(C(F)(F)F)s3)[nH]c2c1. The molecule has 0 bridgehead atoms. The molecule has 0 amide bonds. The molecule has 0 saturated heterocycles. The lowest BCUT2D eigenvalue weighted by atomic mass is 10.3. The highest BCUT2D eigenvalue weighted by Gasteiger charge is 2.35. The number of halogens is 3. The molecule has 5 nitrogen and oxygen atoms in total. The molecule has 2 aromatic heterocycles. The van der Waals surface area contributed by atoms with Crippen molar-refractivity contribution in [3.05, 3.63) is 28.2 Å². The first kappa shape index (κ1) is 15.1. The van der Waals surface area contributed by atoms with Crippen LogP contribution in [0.1, 0.15) is 10.0 Å². The minimum Gasteiger partial charge on any atom is -0.497 e. The fraction of sp³-hybridized carbons (Fsp3) is 0.250. The number of benzene rings is 1. The van der Waals surface area contributed by atoms with Crippen LogP contribution in [-0.4, -0.2) is 27.3 Å². The van der Waals surface area contributed by atoms with E-state index in [1.165, 1.54) is 11.8 Å². The lowest BCUT2D eigenvalue weighted by Crippen LogP contribution is -2.03. The van der Waals surface area contributed by atoms with Crippen LogP contribution in [0.15, 0.2) is 23.4 Å². The Balaban J connectivity index is 1.72. The van der Waals surface area contributed by atoms with Gasteiger partial charge in [0.25, 0.3) is 0 Å². The Morgan fingerprint density at radius 2 is 2.14 bits per heavy atom. The lowest BCUT2D eigenvalue weighted by molar-refractivity contribution is -0.138. The predicted octanol–water partition coefficient (Wildman–Crippen LogP) is 3.73. The normalized spacial score (nSPS) is 12.0. The topological polar surface area (TPSA) is 63.7 Å². The highest BCUT2D eigenvalue weighted by molar-refractivity contribution is 7.98. The number of methoxy groups -OCH3 is 1. The molecule has 3 rings (SSSR count). The summed E-state index contributed by atoms with van der Waals surface area (Å²) >= 11 is 1.81. The van der Waals surface area contributed by atoms with Crippen LogP contribution in [0.5, 0.6) is 5.75 Å². The minimum atomic E-state index is -4.45. The maximum absolute atomic E-state index is 12.4. The summed E-state index contributed by atoms with van der Waals surface area (Å²) < 4.78 is 42.5. The average molecular weight is 346 g/mol. The molecule has 0 radical (unpaired) electrons. The van der Waals surface area contributed by atoms with Gasteiger partial charge in [-0.25, -0.2) is 4.98 Å². The molecule has 10 heteroatoms. The van der Waals surface area contributed by atoms with Crippen LogP contribution >= 0.6 is 23.1 Å². The molecule has 1 aromatic carbocycles. The van der Waals surface area contributed by atoms with Crippen molar-refractivity contribution in [3.8, 4) is 5.75 Å². The predicted molar refractivity (Wildman–Crippen MR) is 77.1 cm³/mol. The molecule has 2 heterocycles. The minimum absolute atomic E-state index is 0.269. The van der Waals surface area contributed by atoms with Gasteiger partial charge in [-0.05, 0) is 12.1 Å². The van der Waals surface area contributed by atoms with Crippen molar-refractivity contribution < 1.29 is 17.9 Å². The number of nitrogens with one attached hydrogen (secondary N) is 1. The molecule has 0 fully saturated rings. The van der Waals surface area contributed by atoms with E-state index in [-0.39, 0.29) is 5.75 Å². The molecule has 116 valence electrons. The molecule has 3 aromatic rings. The van der Waals surface area contributed by atoms with Gasteiger partial charge < -0.3 is 9.72 Å². The average Bonchev–Trinajstić information content (AvgIpc) is 3.10. The van der Waals surface area contributed by atoms with Crippen molar-refractivity contribution in [2.45, 2.75) is 17.1 Å². The van der Waals surface area contributed by atoms with E-state index < -0.39 is 11.2 Å². The smallest absolute Gasteiger partial charge is 0.445 e. The molecule has 0 unspecified atom stereocenters. The van der Waals surface area contributed by atoms with Crippen LogP contribution in [0.4, 0.5) is 13.2 Å². The van der Waals surface area contributed by atoms with Gasteiger partial charge in [-0.1, -0.05) is 23.1 Å². The zero-order valence-corrected chi connectivity index (χ0v) is 12.8. The maximum Gasteiger partial charge on any atom is 0.445 e. The van der Waals surface area contributed by atoms with Crippen LogP contribution in [0.25, 0.3) is 11.0 Å². The molecule has 0 atom stereocenters. The number of nitrogens with zero attached hydrogens (tertiary/aromatic N) is 3. The summed E-state index contributed by atoms with van der Waals surface area (Å²) in [4.78, 5) is 7.43. The monoisotopic (exact) mass is 346 g/mol. The zero-order chi connectivity index (χ0) is 15.7. The fourth-order valence-electron chi connectivity index (χ4n) is 1.72. The van der Waals surface area contributed by atoms with Crippen molar-refractivity contribution in [2.24, 2.45) is 0 Å². The van der Waals surface area contributed by atoms with Crippen LogP contribution < -0.4 is 4.74 Å². The number of rotatable bonds is 4. The number of aromatic nitrogens is 4. The van der Waals surface area contributed by atoms with Gasteiger partial charge in [0.2, 0.25) is 5.01 Å². The Bertz CT molecular complexity index is 799. The number of hydrogen-bond donors (Lipinski definition) is 1. The molecule has 0 saturated carbocycles. The molecular weight excluding hydrogens is 337 g/mol. The molecular formula is C12H9F3N4OS2. The summed E-state index contributed by atoms with van der Waals surface area (Å²) in [7, 11) is 1.57. The van der Waals surface area contributed by atoms with E-state index in [0.717, 1.165) is 11.0 Å². The van der Waals surface area contributed by atoms with Gasteiger partial charge >= 0.3 is 6.18 Å². The highest BCUT2D eigenvalue weighted by Crippen LogP contribution is 2.33. The third-order valence-corrected chi connectivity index (χ3v) is 4.74. The second kappa shape index (κ2) is 5.76. The highest BCUT2D eigenvalue weighted by atomic mass is 32.2. The van der Waals surface area contributed by atoms with E-state index in [4.69, 9.17) is 4.74 Å². The quantitative estimate of drug-likeness (QED) is 0.729. The van der Waals surface area contributed by atoms with Crippen molar-refractivity contribution in [1.82, 2.24) is 20.2 Å². The van der Waals surface area contributed by atoms with Gasteiger partial charge in [0, 0.05) is 6.07 Å². The van der Waals surface area contributed by atoms with E-state index in [9.17, 15) is 13.2 Å². The molecule has 0 aliphatic carbocycles. The van der Waals surface area contributed by atoms with Crippen LogP contribution in [0.3, 0.4) is 0 Å². The number of alkyl halides is 3. The third kappa shape index (κ3) is 3.17. The number of H-pyrrole nitrogens is 1. The lowest BCUT2D eigenvalue weighted by Gasteiger charge is -1.97. The second-order valence-corrected chi connectivity index (χ2v) is 6.24. The van der Waals surface area contributed by atoms with Gasteiger partial charge in [-0.3, -0.25) is 0 Å². The first-order chi connectivity index (χ1) is 10.5. The number of ether oxygens (including phenoxy) is 1. The van der Waals surface area contributed by atoms with Crippen molar-refractivity contribution >= 4 is 34.1 Å². The van der Waals surface area contributed by atoms with Crippen molar-refractivity contribution in [1.29, 1.82) is 0 Å². The first-order valence-corrected chi connectivity index (χ1v) is 7.82. The molecule has 0 spiro atoms. The van der Waals surface area contributed by atoms with Gasteiger partial charge in [-0.2, -0.15) is 13.2 Å². The van der Waals surface area contributed by atoms with E-state index >= 15 is 0 Å². The van der Waals surface area contributed by atoms with Gasteiger partial charge in [-0.15, -0.1) is 10.2 Å². The zero-order valence-electron chi connectivity index (χ0n) is 11.1. The summed E-state index contributed by atoms with van der Waals surface area (Å²) in [5.74, 6) is 0.969. The van der Waals surface area contributed by atoms with Gasteiger partial charge in [0.1, 0.15) is 10.8 Å². The fourth-order valence-corrected chi connectivity index (χ4v) is 3.29. The van der Waals surface area contributed by atoms with E-state index in [1.54, 1.807) is 25.3 Å². The molecule has 0 aliphatic rings. The van der Waals surface area contributed by atoms with Crippen molar-refractivity contribution in [3.63, 3.8) is 0 Å². The summed E-state index contributed by atoms with van der Waals surface area (Å²) in [6.07, 6.45) is -4.45. The van der Waals surface area contributed by atoms with Gasteiger partial charge in [0.05, 0.1) is 23.9 Å². The largest absolute Gasteiger partial charge is 0.497 e. The molecule has 22 heavy (non-hydrogen) atoms. The number of imidazole rings is 1.